The number of hydrogen-bond acceptors (Lipinski definition) is 5. The van der Waals surface area contributed by atoms with Gasteiger partial charge in [-0.2, -0.15) is 0 Å². The molecule has 2 aromatic rings. The van der Waals surface area contributed by atoms with E-state index in [-0.39, 0.29) is 23.0 Å². The third-order valence-corrected chi connectivity index (χ3v) is 5.48. The van der Waals surface area contributed by atoms with Crippen molar-refractivity contribution >= 4 is 15.8 Å². The van der Waals surface area contributed by atoms with Crippen molar-refractivity contribution in [2.45, 2.75) is 11.3 Å². The van der Waals surface area contributed by atoms with Gasteiger partial charge in [-0.05, 0) is 24.6 Å². The van der Waals surface area contributed by atoms with Crippen molar-refractivity contribution in [1.29, 1.82) is 0 Å². The maximum absolute atomic E-state index is 13.3. The van der Waals surface area contributed by atoms with Crippen molar-refractivity contribution in [2.75, 3.05) is 25.1 Å². The highest BCUT2D eigenvalue weighted by molar-refractivity contribution is 7.93. The summed E-state index contributed by atoms with van der Waals surface area (Å²) in [5, 5.41) is 0. The summed E-state index contributed by atoms with van der Waals surface area (Å²) < 4.78 is 50.8. The molecule has 122 valence electrons. The molecule has 0 atom stereocenters. The number of halogens is 1. The molecule has 8 heteroatoms. The van der Waals surface area contributed by atoms with Crippen molar-refractivity contribution in [3.05, 3.63) is 41.8 Å². The van der Waals surface area contributed by atoms with E-state index in [2.05, 4.69) is 4.98 Å². The number of hydrogen-bond donors (Lipinski definition) is 0. The number of sulfonamides is 1. The van der Waals surface area contributed by atoms with Crippen LogP contribution in [0.3, 0.4) is 0 Å². The number of fused-ring (bicyclic) bond motifs is 1. The first-order valence-corrected chi connectivity index (χ1v) is 8.31. The molecule has 0 N–H and O–H groups in total. The fourth-order valence-electron chi connectivity index (χ4n) is 2.62. The highest BCUT2D eigenvalue weighted by Gasteiger charge is 2.35. The van der Waals surface area contributed by atoms with E-state index in [0.29, 0.717) is 17.7 Å². The Morgan fingerprint density at radius 3 is 2.74 bits per heavy atom. The van der Waals surface area contributed by atoms with Crippen LogP contribution in [0.2, 0.25) is 0 Å². The standard InChI is InChI=1S/C15H15FN2O4S/c1-21-12-4-3-5-13(14(12)22-2)23(19,20)18-7-6-10-8-11(16)9-17-15(10)18/h3-5,8-9H,6-7H2,1-2H3. The van der Waals surface area contributed by atoms with Crippen molar-refractivity contribution in [2.24, 2.45) is 0 Å². The molecule has 1 aliphatic rings. The number of anilines is 1. The van der Waals surface area contributed by atoms with Crippen LogP contribution in [0.5, 0.6) is 11.5 Å². The van der Waals surface area contributed by atoms with Crippen molar-refractivity contribution in [1.82, 2.24) is 4.98 Å². The summed E-state index contributed by atoms with van der Waals surface area (Å²) in [6.45, 7) is 0.203. The minimum atomic E-state index is -3.90. The van der Waals surface area contributed by atoms with Gasteiger partial charge in [0.2, 0.25) is 0 Å². The van der Waals surface area contributed by atoms with E-state index in [0.717, 1.165) is 6.20 Å². The first-order valence-electron chi connectivity index (χ1n) is 6.87. The molecule has 0 bridgehead atoms. The number of methoxy groups -OCH3 is 2. The average molecular weight is 338 g/mol. The normalized spacial score (nSPS) is 13.8. The van der Waals surface area contributed by atoms with Gasteiger partial charge in [-0.15, -0.1) is 0 Å². The van der Waals surface area contributed by atoms with Crippen LogP contribution in [0, 0.1) is 5.82 Å². The van der Waals surface area contributed by atoms with Gasteiger partial charge in [-0.1, -0.05) is 6.07 Å². The minimum absolute atomic E-state index is 0.0154. The summed E-state index contributed by atoms with van der Waals surface area (Å²) in [5.41, 5.74) is 0.565. The lowest BCUT2D eigenvalue weighted by Gasteiger charge is -2.20. The second-order valence-corrected chi connectivity index (χ2v) is 6.79. The predicted molar refractivity (Wildman–Crippen MR) is 82.0 cm³/mol. The SMILES string of the molecule is COc1cccc(S(=O)(=O)N2CCc3cc(F)cnc32)c1OC. The van der Waals surface area contributed by atoms with Crippen molar-refractivity contribution < 1.29 is 22.3 Å². The van der Waals surface area contributed by atoms with Gasteiger partial charge in [0.1, 0.15) is 16.5 Å². The summed E-state index contributed by atoms with van der Waals surface area (Å²) in [4.78, 5) is 3.91. The van der Waals surface area contributed by atoms with E-state index < -0.39 is 15.8 Å². The minimum Gasteiger partial charge on any atom is -0.493 e. The Labute approximate surface area is 133 Å². The van der Waals surface area contributed by atoms with E-state index in [1.54, 1.807) is 12.1 Å². The number of nitrogens with zero attached hydrogens (tertiary/aromatic N) is 2. The van der Waals surface area contributed by atoms with E-state index in [1.165, 1.54) is 30.7 Å². The fourth-order valence-corrected chi connectivity index (χ4v) is 4.25. The number of benzene rings is 1. The molecule has 0 spiro atoms. The monoisotopic (exact) mass is 338 g/mol. The summed E-state index contributed by atoms with van der Waals surface area (Å²) in [6, 6.07) is 5.94. The first kappa shape index (κ1) is 15.5. The van der Waals surface area contributed by atoms with Gasteiger partial charge in [-0.25, -0.2) is 22.1 Å². The first-order chi connectivity index (χ1) is 11.0. The number of aromatic nitrogens is 1. The molecule has 0 aliphatic carbocycles. The van der Waals surface area contributed by atoms with Crippen molar-refractivity contribution in [3.63, 3.8) is 0 Å². The maximum Gasteiger partial charge on any atom is 0.269 e. The van der Waals surface area contributed by atoms with Crippen LogP contribution >= 0.6 is 0 Å². The smallest absolute Gasteiger partial charge is 0.269 e. The topological polar surface area (TPSA) is 68.7 Å². The van der Waals surface area contributed by atoms with Crippen LogP contribution in [0.15, 0.2) is 35.4 Å². The number of pyridine rings is 1. The molecule has 0 saturated heterocycles. The molecule has 23 heavy (non-hydrogen) atoms. The van der Waals surface area contributed by atoms with E-state index in [9.17, 15) is 12.8 Å². The Kier molecular flexibility index (Phi) is 3.85. The van der Waals surface area contributed by atoms with Gasteiger partial charge in [0, 0.05) is 12.1 Å². The zero-order valence-electron chi connectivity index (χ0n) is 12.6. The van der Waals surface area contributed by atoms with Crippen molar-refractivity contribution in [3.8, 4) is 11.5 Å². The summed E-state index contributed by atoms with van der Waals surface area (Å²) in [7, 11) is -1.09. The van der Waals surface area contributed by atoms with Crippen LogP contribution in [0.25, 0.3) is 0 Å². The number of ether oxygens (including phenoxy) is 2. The predicted octanol–water partition coefficient (Wildman–Crippen LogP) is 1.99. The van der Waals surface area contributed by atoms with Crippen LogP contribution in [-0.4, -0.2) is 34.2 Å². The molecule has 0 radical (unpaired) electrons. The second-order valence-electron chi connectivity index (χ2n) is 4.96. The molecular weight excluding hydrogens is 323 g/mol. The lowest BCUT2D eigenvalue weighted by molar-refractivity contribution is 0.347. The summed E-state index contributed by atoms with van der Waals surface area (Å²) in [5.74, 6) is 0.212. The average Bonchev–Trinajstić information content (AvgIpc) is 2.97. The zero-order chi connectivity index (χ0) is 16.6. The van der Waals surface area contributed by atoms with Gasteiger partial charge >= 0.3 is 0 Å². The lowest BCUT2D eigenvalue weighted by Crippen LogP contribution is -2.30. The fraction of sp³-hybridized carbons (Fsp3) is 0.267. The molecule has 2 heterocycles. The number of para-hydroxylation sites is 1. The molecule has 1 aromatic heterocycles. The third kappa shape index (κ3) is 2.48. The molecule has 6 nitrogen and oxygen atoms in total. The number of rotatable bonds is 4. The van der Waals surface area contributed by atoms with E-state index in [1.807, 2.05) is 0 Å². The Morgan fingerprint density at radius 1 is 1.26 bits per heavy atom. The quantitative estimate of drug-likeness (QED) is 0.853. The molecular formula is C15H15FN2O4S. The summed E-state index contributed by atoms with van der Waals surface area (Å²) >= 11 is 0. The summed E-state index contributed by atoms with van der Waals surface area (Å²) in [6.07, 6.45) is 1.42. The maximum atomic E-state index is 13.3. The Balaban J connectivity index is 2.12. The Hall–Kier alpha value is -2.35. The van der Waals surface area contributed by atoms with Gasteiger partial charge in [0.15, 0.2) is 11.5 Å². The molecule has 1 aromatic carbocycles. The van der Waals surface area contributed by atoms with Gasteiger partial charge < -0.3 is 9.47 Å². The second kappa shape index (κ2) is 5.69. The zero-order valence-corrected chi connectivity index (χ0v) is 13.4. The Morgan fingerprint density at radius 2 is 2.04 bits per heavy atom. The van der Waals surface area contributed by atoms with E-state index in [4.69, 9.17) is 9.47 Å². The van der Waals surface area contributed by atoms with E-state index >= 15 is 0 Å². The molecule has 3 rings (SSSR count). The van der Waals surface area contributed by atoms with Crippen LogP contribution in [-0.2, 0) is 16.4 Å². The third-order valence-electron chi connectivity index (χ3n) is 3.66. The highest BCUT2D eigenvalue weighted by atomic mass is 32.2. The molecule has 0 unspecified atom stereocenters. The molecule has 0 amide bonds. The largest absolute Gasteiger partial charge is 0.493 e. The lowest BCUT2D eigenvalue weighted by atomic mass is 10.2. The highest BCUT2D eigenvalue weighted by Crippen LogP contribution is 2.38. The molecule has 0 saturated carbocycles. The van der Waals surface area contributed by atoms with Crippen LogP contribution in [0.4, 0.5) is 10.2 Å². The molecule has 1 aliphatic heterocycles. The van der Waals surface area contributed by atoms with Gasteiger partial charge in [0.25, 0.3) is 10.0 Å². The van der Waals surface area contributed by atoms with Crippen LogP contribution < -0.4 is 13.8 Å². The van der Waals surface area contributed by atoms with Gasteiger partial charge in [-0.3, -0.25) is 0 Å². The Bertz CT molecular complexity index is 855. The molecule has 0 fully saturated rings. The van der Waals surface area contributed by atoms with Crippen LogP contribution in [0.1, 0.15) is 5.56 Å². The van der Waals surface area contributed by atoms with Gasteiger partial charge in [0.05, 0.1) is 20.4 Å².